The number of nitrogens with one attached hydrogen (secondary N) is 1. The minimum absolute atomic E-state index is 0.563. The molecule has 0 bridgehead atoms. The SMILES string of the molecule is CC(Nc1cccc(CN2CCCC2)c1)C(=O)O. The number of carboxylic acid groups (broad SMARTS) is 1. The molecule has 2 rings (SSSR count). The summed E-state index contributed by atoms with van der Waals surface area (Å²) in [6, 6.07) is 7.45. The van der Waals surface area contributed by atoms with Gasteiger partial charge in [0.05, 0.1) is 0 Å². The van der Waals surface area contributed by atoms with Gasteiger partial charge < -0.3 is 10.4 Å². The maximum absolute atomic E-state index is 10.8. The second-order valence-electron chi connectivity index (χ2n) is 4.89. The van der Waals surface area contributed by atoms with Gasteiger partial charge in [0.1, 0.15) is 6.04 Å². The number of hydrogen-bond acceptors (Lipinski definition) is 3. The fourth-order valence-electron chi connectivity index (χ4n) is 2.27. The van der Waals surface area contributed by atoms with Gasteiger partial charge in [-0.05, 0) is 50.6 Å². The van der Waals surface area contributed by atoms with Gasteiger partial charge >= 0.3 is 5.97 Å². The van der Waals surface area contributed by atoms with Gasteiger partial charge in [-0.2, -0.15) is 0 Å². The standard InChI is InChI=1S/C14H20N2O2/c1-11(14(17)18)15-13-6-4-5-12(9-13)10-16-7-2-3-8-16/h4-6,9,11,15H,2-3,7-8,10H2,1H3,(H,17,18). The molecule has 1 aliphatic heterocycles. The molecule has 0 amide bonds. The number of rotatable bonds is 5. The van der Waals surface area contributed by atoms with Crippen molar-refractivity contribution in [3.63, 3.8) is 0 Å². The summed E-state index contributed by atoms with van der Waals surface area (Å²) < 4.78 is 0. The summed E-state index contributed by atoms with van der Waals surface area (Å²) in [6.07, 6.45) is 2.57. The number of anilines is 1. The van der Waals surface area contributed by atoms with E-state index < -0.39 is 12.0 Å². The summed E-state index contributed by atoms with van der Waals surface area (Å²) in [7, 11) is 0. The average Bonchev–Trinajstić information content (AvgIpc) is 2.82. The van der Waals surface area contributed by atoms with Crippen molar-refractivity contribution in [2.45, 2.75) is 32.4 Å². The fraction of sp³-hybridized carbons (Fsp3) is 0.500. The first-order valence-electron chi connectivity index (χ1n) is 6.46. The molecule has 18 heavy (non-hydrogen) atoms. The van der Waals surface area contributed by atoms with Crippen LogP contribution in [0.3, 0.4) is 0 Å². The highest BCUT2D eigenvalue weighted by atomic mass is 16.4. The van der Waals surface area contributed by atoms with E-state index in [4.69, 9.17) is 5.11 Å². The lowest BCUT2D eigenvalue weighted by Gasteiger charge is -2.16. The van der Waals surface area contributed by atoms with Crippen LogP contribution in [0.15, 0.2) is 24.3 Å². The molecule has 1 saturated heterocycles. The monoisotopic (exact) mass is 248 g/mol. The molecule has 4 nitrogen and oxygen atoms in total. The third kappa shape index (κ3) is 3.47. The molecule has 1 atom stereocenters. The molecule has 0 spiro atoms. The highest BCUT2D eigenvalue weighted by Gasteiger charge is 2.13. The van der Waals surface area contributed by atoms with Crippen LogP contribution < -0.4 is 5.32 Å². The number of likely N-dealkylation sites (tertiary alicyclic amines) is 1. The Morgan fingerprint density at radius 2 is 2.17 bits per heavy atom. The fourth-order valence-corrected chi connectivity index (χ4v) is 2.27. The molecule has 1 aliphatic rings. The summed E-state index contributed by atoms with van der Waals surface area (Å²) in [4.78, 5) is 13.2. The van der Waals surface area contributed by atoms with E-state index in [1.54, 1.807) is 6.92 Å². The van der Waals surface area contributed by atoms with Crippen LogP contribution in [0.25, 0.3) is 0 Å². The Balaban J connectivity index is 1.98. The molecule has 0 radical (unpaired) electrons. The summed E-state index contributed by atoms with van der Waals surface area (Å²) in [5, 5.41) is 11.9. The van der Waals surface area contributed by atoms with E-state index >= 15 is 0 Å². The lowest BCUT2D eigenvalue weighted by atomic mass is 10.1. The smallest absolute Gasteiger partial charge is 0.325 e. The zero-order valence-corrected chi connectivity index (χ0v) is 10.7. The van der Waals surface area contributed by atoms with Gasteiger partial charge in [-0.25, -0.2) is 0 Å². The molecule has 0 saturated carbocycles. The number of hydrogen-bond donors (Lipinski definition) is 2. The van der Waals surface area contributed by atoms with Crippen LogP contribution in [0.2, 0.25) is 0 Å². The van der Waals surface area contributed by atoms with E-state index in [1.807, 2.05) is 18.2 Å². The Morgan fingerprint density at radius 1 is 1.44 bits per heavy atom. The van der Waals surface area contributed by atoms with Crippen molar-refractivity contribution in [3.8, 4) is 0 Å². The van der Waals surface area contributed by atoms with Gasteiger partial charge in [0.15, 0.2) is 0 Å². The predicted octanol–water partition coefficient (Wildman–Crippen LogP) is 2.17. The molecule has 2 N–H and O–H groups in total. The average molecular weight is 248 g/mol. The first-order valence-corrected chi connectivity index (χ1v) is 6.46. The Labute approximate surface area is 108 Å². The van der Waals surface area contributed by atoms with Gasteiger partial charge in [0.2, 0.25) is 0 Å². The van der Waals surface area contributed by atoms with Crippen molar-refractivity contribution >= 4 is 11.7 Å². The molecular formula is C14H20N2O2. The number of benzene rings is 1. The van der Waals surface area contributed by atoms with Crippen LogP contribution >= 0.6 is 0 Å². The lowest BCUT2D eigenvalue weighted by Crippen LogP contribution is -2.25. The lowest BCUT2D eigenvalue weighted by molar-refractivity contribution is -0.137. The molecule has 1 fully saturated rings. The normalized spacial score (nSPS) is 17.6. The number of carbonyl (C=O) groups is 1. The largest absolute Gasteiger partial charge is 0.480 e. The van der Waals surface area contributed by atoms with Crippen LogP contribution in [0, 0.1) is 0 Å². The Hall–Kier alpha value is -1.55. The minimum atomic E-state index is -0.833. The molecule has 0 aliphatic carbocycles. The van der Waals surface area contributed by atoms with Crippen molar-refractivity contribution in [2.24, 2.45) is 0 Å². The van der Waals surface area contributed by atoms with Crippen LogP contribution in [0.4, 0.5) is 5.69 Å². The molecular weight excluding hydrogens is 228 g/mol. The summed E-state index contributed by atoms with van der Waals surface area (Å²) in [5.41, 5.74) is 2.11. The van der Waals surface area contributed by atoms with Gasteiger partial charge in [-0.1, -0.05) is 12.1 Å². The number of nitrogens with zero attached hydrogens (tertiary/aromatic N) is 1. The highest BCUT2D eigenvalue weighted by Crippen LogP contribution is 2.16. The predicted molar refractivity (Wildman–Crippen MR) is 71.7 cm³/mol. The second kappa shape index (κ2) is 5.87. The van der Waals surface area contributed by atoms with Crippen LogP contribution in [-0.2, 0) is 11.3 Å². The van der Waals surface area contributed by atoms with Crippen molar-refractivity contribution < 1.29 is 9.90 Å². The first-order chi connectivity index (χ1) is 8.65. The summed E-state index contributed by atoms with van der Waals surface area (Å²) in [5.74, 6) is -0.833. The van der Waals surface area contributed by atoms with E-state index in [1.165, 1.54) is 31.5 Å². The van der Waals surface area contributed by atoms with Gasteiger partial charge in [0, 0.05) is 12.2 Å². The Morgan fingerprint density at radius 3 is 2.83 bits per heavy atom. The van der Waals surface area contributed by atoms with Crippen LogP contribution in [0.1, 0.15) is 25.3 Å². The molecule has 0 aromatic heterocycles. The van der Waals surface area contributed by atoms with E-state index in [2.05, 4.69) is 16.3 Å². The van der Waals surface area contributed by atoms with E-state index in [0.717, 1.165) is 12.2 Å². The maximum atomic E-state index is 10.8. The number of carboxylic acids is 1. The van der Waals surface area contributed by atoms with E-state index in [0.29, 0.717) is 0 Å². The molecule has 4 heteroatoms. The minimum Gasteiger partial charge on any atom is -0.480 e. The zero-order chi connectivity index (χ0) is 13.0. The van der Waals surface area contributed by atoms with Crippen LogP contribution in [0.5, 0.6) is 0 Å². The van der Waals surface area contributed by atoms with E-state index in [9.17, 15) is 4.79 Å². The Bertz CT molecular complexity index is 414. The molecule has 1 heterocycles. The molecule has 98 valence electrons. The van der Waals surface area contributed by atoms with Crippen LogP contribution in [-0.4, -0.2) is 35.1 Å². The van der Waals surface area contributed by atoms with Gasteiger partial charge in [-0.3, -0.25) is 9.69 Å². The molecule has 1 aromatic rings. The van der Waals surface area contributed by atoms with Gasteiger partial charge in [0.25, 0.3) is 0 Å². The number of aliphatic carboxylic acids is 1. The first kappa shape index (κ1) is 12.9. The molecule has 1 unspecified atom stereocenters. The summed E-state index contributed by atoms with van der Waals surface area (Å²) >= 11 is 0. The summed E-state index contributed by atoms with van der Waals surface area (Å²) in [6.45, 7) is 4.94. The van der Waals surface area contributed by atoms with Crippen molar-refractivity contribution in [1.82, 2.24) is 4.90 Å². The van der Waals surface area contributed by atoms with Gasteiger partial charge in [-0.15, -0.1) is 0 Å². The third-order valence-corrected chi connectivity index (χ3v) is 3.29. The quantitative estimate of drug-likeness (QED) is 0.838. The third-order valence-electron chi connectivity index (χ3n) is 3.29. The van der Waals surface area contributed by atoms with E-state index in [-0.39, 0.29) is 0 Å². The molecule has 1 aromatic carbocycles. The Kier molecular flexibility index (Phi) is 4.20. The maximum Gasteiger partial charge on any atom is 0.325 e. The topological polar surface area (TPSA) is 52.6 Å². The van der Waals surface area contributed by atoms with Crippen molar-refractivity contribution in [2.75, 3.05) is 18.4 Å². The van der Waals surface area contributed by atoms with Crippen molar-refractivity contribution in [3.05, 3.63) is 29.8 Å². The highest BCUT2D eigenvalue weighted by molar-refractivity contribution is 5.76. The second-order valence-corrected chi connectivity index (χ2v) is 4.89. The zero-order valence-electron chi connectivity index (χ0n) is 10.7. The van der Waals surface area contributed by atoms with Crippen molar-refractivity contribution in [1.29, 1.82) is 0 Å².